The van der Waals surface area contributed by atoms with Crippen molar-refractivity contribution in [3.63, 3.8) is 0 Å². The molecule has 0 aliphatic heterocycles. The second kappa shape index (κ2) is 6.74. The van der Waals surface area contributed by atoms with Gasteiger partial charge >= 0.3 is 0 Å². The molecular weight excluding hydrogens is 266 g/mol. The lowest BCUT2D eigenvalue weighted by molar-refractivity contribution is 0.102. The van der Waals surface area contributed by atoms with Crippen LogP contribution in [0.5, 0.6) is 5.75 Å². The van der Waals surface area contributed by atoms with Gasteiger partial charge < -0.3 is 15.4 Å². The first-order valence-electron chi connectivity index (χ1n) is 6.80. The van der Waals surface area contributed by atoms with Gasteiger partial charge in [0, 0.05) is 18.9 Å². The molecule has 0 unspecified atom stereocenters. The largest absolute Gasteiger partial charge is 0.491 e. The number of nitrogens with zero attached hydrogens (tertiary/aromatic N) is 1. The predicted molar refractivity (Wildman–Crippen MR) is 83.9 cm³/mol. The predicted octanol–water partition coefficient (Wildman–Crippen LogP) is 3.16. The Kier molecular flexibility index (Phi) is 4.77. The highest BCUT2D eigenvalue weighted by Crippen LogP contribution is 2.19. The molecule has 1 aromatic heterocycles. The zero-order valence-corrected chi connectivity index (χ0v) is 12.4. The van der Waals surface area contributed by atoms with Crippen LogP contribution < -0.4 is 15.4 Å². The van der Waals surface area contributed by atoms with Crippen molar-refractivity contribution in [2.75, 3.05) is 17.7 Å². The molecule has 1 amide bonds. The van der Waals surface area contributed by atoms with Crippen LogP contribution in [0.15, 0.2) is 42.7 Å². The van der Waals surface area contributed by atoms with E-state index in [2.05, 4.69) is 15.6 Å². The molecule has 2 N–H and O–H groups in total. The van der Waals surface area contributed by atoms with Gasteiger partial charge in [0.15, 0.2) is 0 Å². The topological polar surface area (TPSA) is 63.2 Å². The summed E-state index contributed by atoms with van der Waals surface area (Å²) in [5, 5.41) is 5.80. The maximum atomic E-state index is 12.2. The van der Waals surface area contributed by atoms with Crippen LogP contribution in [0.25, 0.3) is 0 Å². The third-order valence-electron chi connectivity index (χ3n) is 2.82. The highest BCUT2D eigenvalue weighted by atomic mass is 16.5. The van der Waals surface area contributed by atoms with Crippen molar-refractivity contribution in [3.05, 3.63) is 48.3 Å². The SMILES string of the molecule is CNc1cnccc1C(=O)Nc1ccc(OC(C)C)cc1. The first-order valence-corrected chi connectivity index (χ1v) is 6.80. The zero-order chi connectivity index (χ0) is 15.2. The van der Waals surface area contributed by atoms with Crippen LogP contribution in [0.2, 0.25) is 0 Å². The maximum Gasteiger partial charge on any atom is 0.257 e. The number of hydrogen-bond donors (Lipinski definition) is 2. The summed E-state index contributed by atoms with van der Waals surface area (Å²) in [6.07, 6.45) is 3.34. The molecule has 110 valence electrons. The van der Waals surface area contributed by atoms with Gasteiger partial charge in [-0.05, 0) is 44.2 Å². The third kappa shape index (κ3) is 3.95. The summed E-state index contributed by atoms with van der Waals surface area (Å²) in [4.78, 5) is 16.2. The Balaban J connectivity index is 2.09. The minimum Gasteiger partial charge on any atom is -0.491 e. The van der Waals surface area contributed by atoms with E-state index in [4.69, 9.17) is 4.74 Å². The standard InChI is InChI=1S/C16H19N3O2/c1-11(2)21-13-6-4-12(5-7-13)19-16(20)14-8-9-18-10-15(14)17-3/h4-11,17H,1-3H3,(H,19,20). The van der Waals surface area contributed by atoms with Gasteiger partial charge in [-0.2, -0.15) is 0 Å². The van der Waals surface area contributed by atoms with Gasteiger partial charge in [0.2, 0.25) is 0 Å². The van der Waals surface area contributed by atoms with E-state index in [1.165, 1.54) is 0 Å². The van der Waals surface area contributed by atoms with Crippen molar-refractivity contribution in [2.45, 2.75) is 20.0 Å². The van der Waals surface area contributed by atoms with E-state index < -0.39 is 0 Å². The Bertz CT molecular complexity index is 609. The number of carbonyl (C=O) groups excluding carboxylic acids is 1. The van der Waals surface area contributed by atoms with Crippen molar-refractivity contribution in [3.8, 4) is 5.75 Å². The lowest BCUT2D eigenvalue weighted by Gasteiger charge is -2.11. The van der Waals surface area contributed by atoms with Crippen LogP contribution in [-0.2, 0) is 0 Å². The molecule has 1 aromatic carbocycles. The molecule has 2 rings (SSSR count). The highest BCUT2D eigenvalue weighted by molar-refractivity contribution is 6.07. The molecule has 0 atom stereocenters. The van der Waals surface area contributed by atoms with Gasteiger partial charge in [0.1, 0.15) is 5.75 Å². The van der Waals surface area contributed by atoms with E-state index >= 15 is 0 Å². The number of nitrogens with one attached hydrogen (secondary N) is 2. The van der Waals surface area contributed by atoms with Crippen molar-refractivity contribution in [1.29, 1.82) is 0 Å². The number of rotatable bonds is 5. The van der Waals surface area contributed by atoms with Gasteiger partial charge in [0.05, 0.1) is 23.6 Å². The minimum absolute atomic E-state index is 0.125. The van der Waals surface area contributed by atoms with Crippen LogP contribution >= 0.6 is 0 Å². The molecule has 5 nitrogen and oxygen atoms in total. The van der Waals surface area contributed by atoms with Crippen LogP contribution in [0.3, 0.4) is 0 Å². The van der Waals surface area contributed by atoms with Gasteiger partial charge in [-0.15, -0.1) is 0 Å². The number of carbonyl (C=O) groups is 1. The molecule has 0 saturated carbocycles. The van der Waals surface area contributed by atoms with Crippen LogP contribution in [-0.4, -0.2) is 24.0 Å². The maximum absolute atomic E-state index is 12.2. The Labute approximate surface area is 124 Å². The van der Waals surface area contributed by atoms with E-state index in [9.17, 15) is 4.79 Å². The third-order valence-corrected chi connectivity index (χ3v) is 2.82. The highest BCUT2D eigenvalue weighted by Gasteiger charge is 2.10. The Morgan fingerprint density at radius 3 is 2.52 bits per heavy atom. The van der Waals surface area contributed by atoms with E-state index in [0.717, 1.165) is 11.4 Å². The molecular formula is C16H19N3O2. The van der Waals surface area contributed by atoms with Gasteiger partial charge in [-0.3, -0.25) is 9.78 Å². The van der Waals surface area contributed by atoms with Gasteiger partial charge in [0.25, 0.3) is 5.91 Å². The molecule has 21 heavy (non-hydrogen) atoms. The zero-order valence-electron chi connectivity index (χ0n) is 12.4. The number of ether oxygens (including phenoxy) is 1. The molecule has 0 aliphatic rings. The average molecular weight is 285 g/mol. The van der Waals surface area contributed by atoms with Crippen LogP contribution in [0.4, 0.5) is 11.4 Å². The lowest BCUT2D eigenvalue weighted by atomic mass is 10.2. The number of amides is 1. The second-order valence-electron chi connectivity index (χ2n) is 4.82. The summed E-state index contributed by atoms with van der Waals surface area (Å²) in [6, 6.07) is 8.98. The van der Waals surface area contributed by atoms with Crippen molar-refractivity contribution in [2.24, 2.45) is 0 Å². The smallest absolute Gasteiger partial charge is 0.257 e. The fraction of sp³-hybridized carbons (Fsp3) is 0.250. The quantitative estimate of drug-likeness (QED) is 0.885. The summed E-state index contributed by atoms with van der Waals surface area (Å²) >= 11 is 0. The van der Waals surface area contributed by atoms with E-state index in [1.54, 1.807) is 25.5 Å². The molecule has 0 radical (unpaired) electrons. The molecule has 0 bridgehead atoms. The number of anilines is 2. The molecule has 0 saturated heterocycles. The first-order chi connectivity index (χ1) is 10.1. The van der Waals surface area contributed by atoms with Crippen molar-refractivity contribution >= 4 is 17.3 Å². The van der Waals surface area contributed by atoms with E-state index in [1.807, 2.05) is 38.1 Å². The molecule has 5 heteroatoms. The van der Waals surface area contributed by atoms with Crippen molar-refractivity contribution < 1.29 is 9.53 Å². The number of hydrogen-bond acceptors (Lipinski definition) is 4. The Morgan fingerprint density at radius 2 is 1.90 bits per heavy atom. The Hall–Kier alpha value is -2.56. The van der Waals surface area contributed by atoms with Crippen LogP contribution in [0.1, 0.15) is 24.2 Å². The Morgan fingerprint density at radius 1 is 1.19 bits per heavy atom. The molecule has 1 heterocycles. The molecule has 0 aliphatic carbocycles. The van der Waals surface area contributed by atoms with E-state index in [-0.39, 0.29) is 12.0 Å². The monoisotopic (exact) mass is 285 g/mol. The number of pyridine rings is 1. The lowest BCUT2D eigenvalue weighted by Crippen LogP contribution is -2.14. The molecule has 0 spiro atoms. The summed E-state index contributed by atoms with van der Waals surface area (Å²) in [7, 11) is 1.76. The number of benzene rings is 1. The molecule has 2 aromatic rings. The summed E-state index contributed by atoms with van der Waals surface area (Å²) in [6.45, 7) is 3.94. The van der Waals surface area contributed by atoms with Gasteiger partial charge in [-0.25, -0.2) is 0 Å². The first kappa shape index (κ1) is 14.8. The van der Waals surface area contributed by atoms with Gasteiger partial charge in [-0.1, -0.05) is 0 Å². The van der Waals surface area contributed by atoms with Crippen LogP contribution in [0, 0.1) is 0 Å². The normalized spacial score (nSPS) is 10.3. The summed E-state index contributed by atoms with van der Waals surface area (Å²) in [5.41, 5.74) is 1.96. The van der Waals surface area contributed by atoms with Crippen molar-refractivity contribution in [1.82, 2.24) is 4.98 Å². The second-order valence-corrected chi connectivity index (χ2v) is 4.82. The number of aromatic nitrogens is 1. The fourth-order valence-electron chi connectivity index (χ4n) is 1.88. The van der Waals surface area contributed by atoms with E-state index in [0.29, 0.717) is 11.3 Å². The minimum atomic E-state index is -0.181. The fourth-order valence-corrected chi connectivity index (χ4v) is 1.88. The summed E-state index contributed by atoms with van der Waals surface area (Å²) < 4.78 is 5.56. The average Bonchev–Trinajstić information content (AvgIpc) is 2.48. The molecule has 0 fully saturated rings. The summed E-state index contributed by atoms with van der Waals surface area (Å²) in [5.74, 6) is 0.599.